The fourth-order valence-corrected chi connectivity index (χ4v) is 2.87. The Labute approximate surface area is 133 Å². The SMILES string of the molecule is Cc1ccccc1OCCN1CCN(c2ccccc2)CC1. The van der Waals surface area contributed by atoms with Crippen LogP contribution in [-0.4, -0.2) is 44.2 Å². The number of piperazine rings is 1. The van der Waals surface area contributed by atoms with E-state index in [0.717, 1.165) is 45.1 Å². The molecule has 0 aromatic heterocycles. The molecular formula is C19H24N2O. The van der Waals surface area contributed by atoms with E-state index in [-0.39, 0.29) is 0 Å². The summed E-state index contributed by atoms with van der Waals surface area (Å²) in [4.78, 5) is 4.94. The van der Waals surface area contributed by atoms with E-state index in [1.165, 1.54) is 11.3 Å². The number of anilines is 1. The second kappa shape index (κ2) is 7.32. The van der Waals surface area contributed by atoms with Crippen molar-refractivity contribution in [3.05, 3.63) is 60.2 Å². The minimum atomic E-state index is 0.760. The lowest BCUT2D eigenvalue weighted by molar-refractivity contribution is 0.200. The van der Waals surface area contributed by atoms with Crippen LogP contribution in [0.5, 0.6) is 5.75 Å². The lowest BCUT2D eigenvalue weighted by Gasteiger charge is -2.36. The van der Waals surface area contributed by atoms with Gasteiger partial charge in [-0.25, -0.2) is 0 Å². The number of nitrogens with zero attached hydrogens (tertiary/aromatic N) is 2. The Kier molecular flexibility index (Phi) is 4.96. The normalized spacial score (nSPS) is 15.8. The van der Waals surface area contributed by atoms with E-state index < -0.39 is 0 Å². The average Bonchev–Trinajstić information content (AvgIpc) is 2.58. The van der Waals surface area contributed by atoms with Gasteiger partial charge in [-0.1, -0.05) is 36.4 Å². The molecule has 2 aromatic carbocycles. The first-order valence-corrected chi connectivity index (χ1v) is 8.04. The van der Waals surface area contributed by atoms with E-state index in [9.17, 15) is 0 Å². The zero-order valence-electron chi connectivity index (χ0n) is 13.2. The topological polar surface area (TPSA) is 15.7 Å². The zero-order chi connectivity index (χ0) is 15.2. The third-order valence-electron chi connectivity index (χ3n) is 4.25. The molecular weight excluding hydrogens is 272 g/mol. The molecule has 0 amide bonds. The minimum Gasteiger partial charge on any atom is -0.492 e. The summed E-state index contributed by atoms with van der Waals surface area (Å²) in [6, 6.07) is 18.9. The van der Waals surface area contributed by atoms with Gasteiger partial charge in [0, 0.05) is 38.4 Å². The van der Waals surface area contributed by atoms with Crippen molar-refractivity contribution in [2.75, 3.05) is 44.2 Å². The fourth-order valence-electron chi connectivity index (χ4n) is 2.87. The third kappa shape index (κ3) is 3.80. The second-order valence-corrected chi connectivity index (χ2v) is 5.78. The number of aryl methyl sites for hydroxylation is 1. The molecule has 22 heavy (non-hydrogen) atoms. The lowest BCUT2D eigenvalue weighted by Crippen LogP contribution is -2.47. The van der Waals surface area contributed by atoms with Crippen molar-refractivity contribution < 1.29 is 4.74 Å². The summed E-state index contributed by atoms with van der Waals surface area (Å²) in [6.07, 6.45) is 0. The van der Waals surface area contributed by atoms with Crippen LogP contribution in [0.25, 0.3) is 0 Å². The quantitative estimate of drug-likeness (QED) is 0.843. The van der Waals surface area contributed by atoms with Gasteiger partial charge in [-0.05, 0) is 30.7 Å². The highest BCUT2D eigenvalue weighted by atomic mass is 16.5. The van der Waals surface area contributed by atoms with Crippen LogP contribution in [0.2, 0.25) is 0 Å². The van der Waals surface area contributed by atoms with Crippen LogP contribution in [-0.2, 0) is 0 Å². The number of rotatable bonds is 5. The maximum absolute atomic E-state index is 5.90. The van der Waals surface area contributed by atoms with Crippen LogP contribution in [0.3, 0.4) is 0 Å². The highest BCUT2D eigenvalue weighted by molar-refractivity contribution is 5.46. The molecule has 0 N–H and O–H groups in total. The molecule has 0 unspecified atom stereocenters. The van der Waals surface area contributed by atoms with Gasteiger partial charge in [0.1, 0.15) is 12.4 Å². The van der Waals surface area contributed by atoms with Crippen LogP contribution < -0.4 is 9.64 Å². The fraction of sp³-hybridized carbons (Fsp3) is 0.368. The first-order valence-electron chi connectivity index (χ1n) is 8.04. The van der Waals surface area contributed by atoms with Gasteiger partial charge in [-0.15, -0.1) is 0 Å². The molecule has 1 heterocycles. The van der Waals surface area contributed by atoms with E-state index in [1.807, 2.05) is 18.2 Å². The van der Waals surface area contributed by atoms with Gasteiger partial charge in [0.05, 0.1) is 0 Å². The van der Waals surface area contributed by atoms with Crippen molar-refractivity contribution in [2.24, 2.45) is 0 Å². The Morgan fingerprint density at radius 1 is 0.864 bits per heavy atom. The summed E-state index contributed by atoms with van der Waals surface area (Å²) in [5, 5.41) is 0. The van der Waals surface area contributed by atoms with Crippen molar-refractivity contribution in [1.29, 1.82) is 0 Å². The molecule has 1 aliphatic heterocycles. The van der Waals surface area contributed by atoms with E-state index in [0.29, 0.717) is 0 Å². The Bertz CT molecular complexity index is 577. The standard InChI is InChI=1S/C19H24N2O/c1-17-7-5-6-10-19(17)22-16-15-20-11-13-21(14-12-20)18-8-3-2-4-9-18/h2-10H,11-16H2,1H3. The van der Waals surface area contributed by atoms with E-state index in [4.69, 9.17) is 4.74 Å². The van der Waals surface area contributed by atoms with Crippen molar-refractivity contribution in [1.82, 2.24) is 4.90 Å². The lowest BCUT2D eigenvalue weighted by atomic mass is 10.2. The van der Waals surface area contributed by atoms with Crippen molar-refractivity contribution in [2.45, 2.75) is 6.92 Å². The first kappa shape index (κ1) is 14.9. The molecule has 116 valence electrons. The van der Waals surface area contributed by atoms with Crippen LogP contribution >= 0.6 is 0 Å². The molecule has 1 aliphatic rings. The summed E-state index contributed by atoms with van der Waals surface area (Å²) in [6.45, 7) is 8.24. The monoisotopic (exact) mass is 296 g/mol. The van der Waals surface area contributed by atoms with Gasteiger partial charge in [0.25, 0.3) is 0 Å². The van der Waals surface area contributed by atoms with Crippen molar-refractivity contribution in [3.8, 4) is 5.75 Å². The van der Waals surface area contributed by atoms with E-state index in [2.05, 4.69) is 53.1 Å². The van der Waals surface area contributed by atoms with E-state index in [1.54, 1.807) is 0 Å². The predicted molar refractivity (Wildman–Crippen MR) is 91.8 cm³/mol. The molecule has 0 bridgehead atoms. The third-order valence-corrected chi connectivity index (χ3v) is 4.25. The first-order chi connectivity index (χ1) is 10.8. The number of para-hydroxylation sites is 2. The molecule has 3 nitrogen and oxygen atoms in total. The summed E-state index contributed by atoms with van der Waals surface area (Å²) in [7, 11) is 0. The smallest absolute Gasteiger partial charge is 0.122 e. The Balaban J connectivity index is 1.42. The highest BCUT2D eigenvalue weighted by Crippen LogP contribution is 2.17. The molecule has 0 saturated carbocycles. The van der Waals surface area contributed by atoms with Crippen LogP contribution in [0.1, 0.15) is 5.56 Å². The molecule has 1 fully saturated rings. The molecule has 1 saturated heterocycles. The average molecular weight is 296 g/mol. The molecule has 0 spiro atoms. The molecule has 0 radical (unpaired) electrons. The van der Waals surface area contributed by atoms with Crippen molar-refractivity contribution in [3.63, 3.8) is 0 Å². The minimum absolute atomic E-state index is 0.760. The number of benzene rings is 2. The van der Waals surface area contributed by atoms with Crippen LogP contribution in [0.15, 0.2) is 54.6 Å². The second-order valence-electron chi connectivity index (χ2n) is 5.78. The van der Waals surface area contributed by atoms with Crippen LogP contribution in [0, 0.1) is 6.92 Å². The molecule has 0 atom stereocenters. The van der Waals surface area contributed by atoms with Gasteiger partial charge in [0.15, 0.2) is 0 Å². The van der Waals surface area contributed by atoms with Gasteiger partial charge < -0.3 is 9.64 Å². The Hall–Kier alpha value is -2.00. The zero-order valence-corrected chi connectivity index (χ0v) is 13.2. The van der Waals surface area contributed by atoms with E-state index >= 15 is 0 Å². The molecule has 2 aromatic rings. The van der Waals surface area contributed by atoms with Gasteiger partial charge in [0.2, 0.25) is 0 Å². The Morgan fingerprint density at radius 2 is 1.55 bits per heavy atom. The summed E-state index contributed by atoms with van der Waals surface area (Å²) >= 11 is 0. The number of hydrogen-bond donors (Lipinski definition) is 0. The number of ether oxygens (including phenoxy) is 1. The summed E-state index contributed by atoms with van der Waals surface area (Å²) in [5.41, 5.74) is 2.54. The van der Waals surface area contributed by atoms with Gasteiger partial charge in [-0.3, -0.25) is 4.90 Å². The van der Waals surface area contributed by atoms with Crippen molar-refractivity contribution >= 4 is 5.69 Å². The molecule has 0 aliphatic carbocycles. The predicted octanol–water partition coefficient (Wildman–Crippen LogP) is 3.20. The summed E-state index contributed by atoms with van der Waals surface area (Å²) < 4.78 is 5.90. The Morgan fingerprint density at radius 3 is 2.27 bits per heavy atom. The molecule has 3 rings (SSSR count). The largest absolute Gasteiger partial charge is 0.492 e. The molecule has 3 heteroatoms. The maximum Gasteiger partial charge on any atom is 0.122 e. The maximum atomic E-state index is 5.90. The van der Waals surface area contributed by atoms with Gasteiger partial charge in [-0.2, -0.15) is 0 Å². The number of hydrogen-bond acceptors (Lipinski definition) is 3. The van der Waals surface area contributed by atoms with Crippen LogP contribution in [0.4, 0.5) is 5.69 Å². The van der Waals surface area contributed by atoms with Gasteiger partial charge >= 0.3 is 0 Å². The summed E-state index contributed by atoms with van der Waals surface area (Å²) in [5.74, 6) is 1.01. The highest BCUT2D eigenvalue weighted by Gasteiger charge is 2.16.